The van der Waals surface area contributed by atoms with Gasteiger partial charge < -0.3 is 5.32 Å². The largest absolute Gasteiger partial charge is 0.353 e. The summed E-state index contributed by atoms with van der Waals surface area (Å²) < 4.78 is 2.58. The van der Waals surface area contributed by atoms with Crippen molar-refractivity contribution in [1.29, 1.82) is 5.26 Å². The second-order valence-corrected chi connectivity index (χ2v) is 4.80. The van der Waals surface area contributed by atoms with Gasteiger partial charge in [0, 0.05) is 23.4 Å². The van der Waals surface area contributed by atoms with Gasteiger partial charge in [0.15, 0.2) is 0 Å². The Kier molecular flexibility index (Phi) is 3.68. The van der Waals surface area contributed by atoms with Gasteiger partial charge in [0.1, 0.15) is 6.07 Å². The van der Waals surface area contributed by atoms with Crippen molar-refractivity contribution >= 4 is 27.3 Å². The second-order valence-electron chi connectivity index (χ2n) is 3.95. The molecular weight excluding hydrogens is 292 g/mol. The molecule has 0 aliphatic heterocycles. The van der Waals surface area contributed by atoms with Crippen LogP contribution >= 0.6 is 15.9 Å². The standard InChI is InChI=1S/C13H13BrN4/c1-3-12-13(8-18(2)17-12)16-10-5-4-9(7-15)11(14)6-10/h4-6,8,16H,3H2,1-2H3. The van der Waals surface area contributed by atoms with Gasteiger partial charge in [-0.05, 0) is 40.5 Å². The van der Waals surface area contributed by atoms with E-state index in [9.17, 15) is 0 Å². The topological polar surface area (TPSA) is 53.6 Å². The average Bonchev–Trinajstić information content (AvgIpc) is 2.70. The minimum Gasteiger partial charge on any atom is -0.353 e. The molecule has 18 heavy (non-hydrogen) atoms. The Morgan fingerprint density at radius 1 is 1.50 bits per heavy atom. The number of hydrogen-bond donors (Lipinski definition) is 1. The minimum atomic E-state index is 0.627. The van der Waals surface area contributed by atoms with Gasteiger partial charge in [0.2, 0.25) is 0 Å². The monoisotopic (exact) mass is 304 g/mol. The van der Waals surface area contributed by atoms with Crippen LogP contribution in [0.15, 0.2) is 28.9 Å². The third-order valence-corrected chi connectivity index (χ3v) is 3.26. The van der Waals surface area contributed by atoms with Crippen LogP contribution in [-0.4, -0.2) is 9.78 Å². The first-order valence-corrected chi connectivity index (χ1v) is 6.42. The van der Waals surface area contributed by atoms with E-state index in [1.807, 2.05) is 25.4 Å². The summed E-state index contributed by atoms with van der Waals surface area (Å²) in [5.41, 5.74) is 3.58. The molecule has 1 N–H and O–H groups in total. The molecule has 0 atom stereocenters. The quantitative estimate of drug-likeness (QED) is 0.946. The molecule has 0 saturated carbocycles. The van der Waals surface area contributed by atoms with Crippen LogP contribution in [0.4, 0.5) is 11.4 Å². The molecule has 92 valence electrons. The van der Waals surface area contributed by atoms with Gasteiger partial charge in [-0.15, -0.1) is 0 Å². The zero-order valence-electron chi connectivity index (χ0n) is 10.2. The molecule has 0 bridgehead atoms. The lowest BCUT2D eigenvalue weighted by Crippen LogP contribution is -1.93. The van der Waals surface area contributed by atoms with Crippen LogP contribution in [0, 0.1) is 11.3 Å². The van der Waals surface area contributed by atoms with Crippen molar-refractivity contribution in [2.45, 2.75) is 13.3 Å². The van der Waals surface area contributed by atoms with E-state index in [4.69, 9.17) is 5.26 Å². The molecule has 0 radical (unpaired) electrons. The number of aromatic nitrogens is 2. The van der Waals surface area contributed by atoms with Crippen molar-refractivity contribution in [3.63, 3.8) is 0 Å². The number of anilines is 2. The molecular formula is C13H13BrN4. The fourth-order valence-corrected chi connectivity index (χ4v) is 2.21. The highest BCUT2D eigenvalue weighted by atomic mass is 79.9. The molecule has 5 heteroatoms. The van der Waals surface area contributed by atoms with Crippen LogP contribution in [0.1, 0.15) is 18.2 Å². The number of hydrogen-bond acceptors (Lipinski definition) is 3. The smallest absolute Gasteiger partial charge is 0.100 e. The predicted molar refractivity (Wildman–Crippen MR) is 74.7 cm³/mol. The number of nitrogens with zero attached hydrogens (tertiary/aromatic N) is 3. The molecule has 2 rings (SSSR count). The number of halogens is 1. The highest BCUT2D eigenvalue weighted by molar-refractivity contribution is 9.10. The summed E-state index contributed by atoms with van der Waals surface area (Å²) in [5, 5.41) is 16.6. The van der Waals surface area contributed by atoms with Gasteiger partial charge in [-0.1, -0.05) is 6.92 Å². The summed E-state index contributed by atoms with van der Waals surface area (Å²) in [5.74, 6) is 0. The maximum absolute atomic E-state index is 8.87. The lowest BCUT2D eigenvalue weighted by molar-refractivity contribution is 0.746. The van der Waals surface area contributed by atoms with E-state index < -0.39 is 0 Å². The Labute approximate surface area is 114 Å². The number of aryl methyl sites for hydroxylation is 2. The molecule has 0 saturated heterocycles. The number of benzene rings is 1. The summed E-state index contributed by atoms with van der Waals surface area (Å²) in [6.07, 6.45) is 2.82. The van der Waals surface area contributed by atoms with Crippen molar-refractivity contribution in [2.24, 2.45) is 7.05 Å². The van der Waals surface area contributed by atoms with Crippen LogP contribution in [0.5, 0.6) is 0 Å². The molecule has 0 amide bonds. The summed E-state index contributed by atoms with van der Waals surface area (Å²) in [7, 11) is 1.90. The van der Waals surface area contributed by atoms with Gasteiger partial charge in [0.05, 0.1) is 16.9 Å². The normalized spacial score (nSPS) is 10.1. The number of rotatable bonds is 3. The Morgan fingerprint density at radius 3 is 2.89 bits per heavy atom. The van der Waals surface area contributed by atoms with Gasteiger partial charge in [-0.2, -0.15) is 10.4 Å². The minimum absolute atomic E-state index is 0.627. The van der Waals surface area contributed by atoms with E-state index in [1.165, 1.54) is 0 Å². The molecule has 1 heterocycles. The summed E-state index contributed by atoms with van der Waals surface area (Å²) in [6, 6.07) is 7.69. The molecule has 0 fully saturated rings. The Balaban J connectivity index is 2.29. The maximum Gasteiger partial charge on any atom is 0.100 e. The predicted octanol–water partition coefficient (Wildman–Crippen LogP) is 3.36. The molecule has 0 unspecified atom stereocenters. The third kappa shape index (κ3) is 2.54. The van der Waals surface area contributed by atoms with Crippen LogP contribution < -0.4 is 5.32 Å². The lowest BCUT2D eigenvalue weighted by atomic mass is 10.2. The van der Waals surface area contributed by atoms with Crippen molar-refractivity contribution in [3.8, 4) is 6.07 Å². The lowest BCUT2D eigenvalue weighted by Gasteiger charge is -2.06. The fraction of sp³-hybridized carbons (Fsp3) is 0.231. The van der Waals surface area contributed by atoms with Gasteiger partial charge in [-0.3, -0.25) is 4.68 Å². The van der Waals surface area contributed by atoms with Gasteiger partial charge in [0.25, 0.3) is 0 Å². The van der Waals surface area contributed by atoms with Crippen LogP contribution in [0.25, 0.3) is 0 Å². The van der Waals surface area contributed by atoms with E-state index in [0.717, 1.165) is 28.0 Å². The molecule has 0 aliphatic rings. The Bertz CT molecular complexity index is 610. The zero-order valence-corrected chi connectivity index (χ0v) is 11.8. The van der Waals surface area contributed by atoms with Gasteiger partial charge in [-0.25, -0.2) is 0 Å². The van der Waals surface area contributed by atoms with Crippen molar-refractivity contribution < 1.29 is 0 Å². The Hall–Kier alpha value is -1.80. The van der Waals surface area contributed by atoms with Crippen molar-refractivity contribution in [3.05, 3.63) is 40.1 Å². The van der Waals surface area contributed by atoms with E-state index in [2.05, 4.69) is 39.3 Å². The third-order valence-electron chi connectivity index (χ3n) is 2.61. The Morgan fingerprint density at radius 2 is 2.28 bits per heavy atom. The first kappa shape index (κ1) is 12.7. The maximum atomic E-state index is 8.87. The SMILES string of the molecule is CCc1nn(C)cc1Nc1ccc(C#N)c(Br)c1. The van der Waals surface area contributed by atoms with Crippen LogP contribution in [0.3, 0.4) is 0 Å². The molecule has 1 aromatic heterocycles. The zero-order chi connectivity index (χ0) is 13.1. The van der Waals surface area contributed by atoms with E-state index in [1.54, 1.807) is 10.7 Å². The van der Waals surface area contributed by atoms with Crippen LogP contribution in [0.2, 0.25) is 0 Å². The molecule has 0 aliphatic carbocycles. The highest BCUT2D eigenvalue weighted by Gasteiger charge is 2.07. The molecule has 4 nitrogen and oxygen atoms in total. The van der Waals surface area contributed by atoms with Crippen LogP contribution in [-0.2, 0) is 13.5 Å². The number of nitriles is 1. The van der Waals surface area contributed by atoms with Crippen molar-refractivity contribution in [1.82, 2.24) is 9.78 Å². The highest BCUT2D eigenvalue weighted by Crippen LogP contribution is 2.25. The summed E-state index contributed by atoms with van der Waals surface area (Å²) >= 11 is 3.38. The average molecular weight is 305 g/mol. The first-order valence-electron chi connectivity index (χ1n) is 5.63. The van der Waals surface area contributed by atoms with E-state index in [0.29, 0.717) is 5.56 Å². The number of nitrogens with one attached hydrogen (secondary N) is 1. The molecule has 2 aromatic rings. The molecule has 1 aromatic carbocycles. The molecule has 0 spiro atoms. The van der Waals surface area contributed by atoms with Crippen molar-refractivity contribution in [2.75, 3.05) is 5.32 Å². The fourth-order valence-electron chi connectivity index (χ4n) is 1.74. The first-order chi connectivity index (χ1) is 8.63. The van der Waals surface area contributed by atoms with Gasteiger partial charge >= 0.3 is 0 Å². The summed E-state index contributed by atoms with van der Waals surface area (Å²) in [4.78, 5) is 0. The second kappa shape index (κ2) is 5.23. The van der Waals surface area contributed by atoms with E-state index >= 15 is 0 Å². The summed E-state index contributed by atoms with van der Waals surface area (Å²) in [6.45, 7) is 2.07. The van der Waals surface area contributed by atoms with E-state index in [-0.39, 0.29) is 0 Å².